The Balaban J connectivity index is 1.39. The van der Waals surface area contributed by atoms with E-state index in [2.05, 4.69) is 44.6 Å². The van der Waals surface area contributed by atoms with Gasteiger partial charge in [0.05, 0.1) is 20.2 Å². The predicted octanol–water partition coefficient (Wildman–Crippen LogP) is 2.45. The van der Waals surface area contributed by atoms with Crippen molar-refractivity contribution < 1.29 is 4.74 Å². The van der Waals surface area contributed by atoms with Gasteiger partial charge in [0, 0.05) is 0 Å². The number of ether oxygens (including phenoxy) is 1. The maximum Gasteiger partial charge on any atom is 0.188 e. The third-order valence-corrected chi connectivity index (χ3v) is 4.70. The van der Waals surface area contributed by atoms with Crippen molar-refractivity contribution in [2.75, 3.05) is 19.7 Å². The van der Waals surface area contributed by atoms with Crippen LogP contribution in [-0.4, -0.2) is 44.8 Å². The highest BCUT2D eigenvalue weighted by molar-refractivity contribution is 5.27. The standard InChI is InChI=1S/C18H27N5O/c1-3-24-17-8-6-15(7-9-17)4-5-16-10-12-23(13-11-16)14-18-19-21-22(2)20-18/h6-9,16H,3-5,10-14H2,1-2H3. The Morgan fingerprint density at radius 2 is 1.92 bits per heavy atom. The molecule has 6 nitrogen and oxygen atoms in total. The number of rotatable bonds is 7. The lowest BCUT2D eigenvalue weighted by Gasteiger charge is -2.31. The van der Waals surface area contributed by atoms with E-state index in [4.69, 9.17) is 4.74 Å². The monoisotopic (exact) mass is 329 g/mol. The van der Waals surface area contributed by atoms with Gasteiger partial charge in [-0.05, 0) is 74.5 Å². The Morgan fingerprint density at radius 1 is 1.17 bits per heavy atom. The molecule has 2 heterocycles. The lowest BCUT2D eigenvalue weighted by Crippen LogP contribution is -2.33. The number of likely N-dealkylation sites (tertiary alicyclic amines) is 1. The Kier molecular flexibility index (Phi) is 5.80. The maximum atomic E-state index is 5.50. The molecule has 1 aromatic carbocycles. The van der Waals surface area contributed by atoms with Crippen LogP contribution < -0.4 is 4.74 Å². The summed E-state index contributed by atoms with van der Waals surface area (Å²) in [5, 5.41) is 12.2. The summed E-state index contributed by atoms with van der Waals surface area (Å²) in [7, 11) is 1.81. The van der Waals surface area contributed by atoms with Crippen LogP contribution in [0.4, 0.5) is 0 Å². The summed E-state index contributed by atoms with van der Waals surface area (Å²) in [6, 6.07) is 8.55. The van der Waals surface area contributed by atoms with Gasteiger partial charge in [-0.15, -0.1) is 10.2 Å². The summed E-state index contributed by atoms with van der Waals surface area (Å²) in [5.41, 5.74) is 1.41. The average molecular weight is 329 g/mol. The van der Waals surface area contributed by atoms with E-state index >= 15 is 0 Å². The highest BCUT2D eigenvalue weighted by Gasteiger charge is 2.20. The third kappa shape index (κ3) is 4.77. The van der Waals surface area contributed by atoms with Crippen molar-refractivity contribution in [1.29, 1.82) is 0 Å². The molecule has 0 aliphatic carbocycles. The number of aryl methyl sites for hydroxylation is 2. The summed E-state index contributed by atoms with van der Waals surface area (Å²) in [6.07, 6.45) is 4.95. The zero-order chi connectivity index (χ0) is 16.8. The first-order valence-electron chi connectivity index (χ1n) is 8.90. The normalized spacial score (nSPS) is 16.4. The van der Waals surface area contributed by atoms with Gasteiger partial charge in [-0.3, -0.25) is 4.90 Å². The molecule has 1 aromatic heterocycles. The number of hydrogen-bond acceptors (Lipinski definition) is 5. The van der Waals surface area contributed by atoms with Gasteiger partial charge in [-0.1, -0.05) is 12.1 Å². The van der Waals surface area contributed by atoms with Gasteiger partial charge in [-0.2, -0.15) is 4.80 Å². The van der Waals surface area contributed by atoms with Crippen molar-refractivity contribution in [2.45, 2.75) is 39.2 Å². The fraction of sp³-hybridized carbons (Fsp3) is 0.611. The molecule has 130 valence electrons. The number of tetrazole rings is 1. The quantitative estimate of drug-likeness (QED) is 0.781. The number of benzene rings is 1. The molecule has 0 atom stereocenters. The lowest BCUT2D eigenvalue weighted by molar-refractivity contribution is 0.169. The summed E-state index contributed by atoms with van der Waals surface area (Å²) < 4.78 is 5.50. The average Bonchev–Trinajstić information content (AvgIpc) is 3.01. The molecule has 1 aliphatic rings. The Morgan fingerprint density at radius 3 is 2.54 bits per heavy atom. The summed E-state index contributed by atoms with van der Waals surface area (Å²) >= 11 is 0. The van der Waals surface area contributed by atoms with Crippen LogP contribution in [0.3, 0.4) is 0 Å². The summed E-state index contributed by atoms with van der Waals surface area (Å²) in [4.78, 5) is 3.96. The Bertz CT molecular complexity index is 617. The van der Waals surface area contributed by atoms with Gasteiger partial charge in [0.2, 0.25) is 0 Å². The minimum absolute atomic E-state index is 0.724. The van der Waals surface area contributed by atoms with E-state index in [1.165, 1.54) is 29.6 Å². The molecule has 24 heavy (non-hydrogen) atoms. The first-order chi connectivity index (χ1) is 11.7. The Labute approximate surface area is 143 Å². The van der Waals surface area contributed by atoms with E-state index in [1.54, 1.807) is 0 Å². The highest BCUT2D eigenvalue weighted by atomic mass is 16.5. The first-order valence-corrected chi connectivity index (χ1v) is 8.90. The molecule has 0 amide bonds. The van der Waals surface area contributed by atoms with E-state index in [0.29, 0.717) is 0 Å². The van der Waals surface area contributed by atoms with Crippen LogP contribution in [0.25, 0.3) is 0 Å². The second kappa shape index (κ2) is 8.24. The minimum atomic E-state index is 0.724. The van der Waals surface area contributed by atoms with E-state index in [-0.39, 0.29) is 0 Å². The lowest BCUT2D eigenvalue weighted by atomic mass is 9.90. The van der Waals surface area contributed by atoms with Gasteiger partial charge in [0.25, 0.3) is 0 Å². The molecule has 0 N–H and O–H groups in total. The van der Waals surface area contributed by atoms with Crippen molar-refractivity contribution in [1.82, 2.24) is 25.1 Å². The molecule has 0 unspecified atom stereocenters. The fourth-order valence-corrected chi connectivity index (χ4v) is 3.31. The molecular weight excluding hydrogens is 302 g/mol. The van der Waals surface area contributed by atoms with Crippen LogP contribution in [0, 0.1) is 5.92 Å². The van der Waals surface area contributed by atoms with Crippen LogP contribution in [0.5, 0.6) is 5.75 Å². The molecule has 3 rings (SSSR count). The molecule has 0 saturated carbocycles. The summed E-state index contributed by atoms with van der Waals surface area (Å²) in [5.74, 6) is 2.61. The van der Waals surface area contributed by atoms with Crippen molar-refractivity contribution in [3.63, 3.8) is 0 Å². The summed E-state index contributed by atoms with van der Waals surface area (Å²) in [6.45, 7) is 5.82. The number of nitrogens with zero attached hydrogens (tertiary/aromatic N) is 5. The van der Waals surface area contributed by atoms with E-state index < -0.39 is 0 Å². The second-order valence-electron chi connectivity index (χ2n) is 6.53. The molecule has 0 spiro atoms. The Hall–Kier alpha value is -1.95. The molecule has 1 saturated heterocycles. The van der Waals surface area contributed by atoms with Crippen LogP contribution in [-0.2, 0) is 20.0 Å². The van der Waals surface area contributed by atoms with Gasteiger partial charge in [0.1, 0.15) is 5.75 Å². The van der Waals surface area contributed by atoms with Gasteiger partial charge >= 0.3 is 0 Å². The maximum absolute atomic E-state index is 5.50. The van der Waals surface area contributed by atoms with Crippen LogP contribution in [0.1, 0.15) is 37.6 Å². The van der Waals surface area contributed by atoms with Crippen molar-refractivity contribution in [2.24, 2.45) is 13.0 Å². The van der Waals surface area contributed by atoms with Gasteiger partial charge in [0.15, 0.2) is 5.82 Å². The van der Waals surface area contributed by atoms with Gasteiger partial charge in [-0.25, -0.2) is 0 Å². The van der Waals surface area contributed by atoms with Gasteiger partial charge < -0.3 is 4.74 Å². The SMILES string of the molecule is CCOc1ccc(CCC2CCN(Cc3nnn(C)n3)CC2)cc1. The van der Waals surface area contributed by atoms with Crippen LogP contribution >= 0.6 is 0 Å². The van der Waals surface area contributed by atoms with Crippen molar-refractivity contribution in [3.05, 3.63) is 35.7 Å². The zero-order valence-corrected chi connectivity index (χ0v) is 14.7. The predicted molar refractivity (Wildman–Crippen MR) is 92.7 cm³/mol. The molecule has 2 aromatic rings. The molecule has 1 fully saturated rings. The molecule has 1 aliphatic heterocycles. The number of hydrogen-bond donors (Lipinski definition) is 0. The number of piperidine rings is 1. The largest absolute Gasteiger partial charge is 0.494 e. The van der Waals surface area contributed by atoms with Crippen LogP contribution in [0.2, 0.25) is 0 Å². The van der Waals surface area contributed by atoms with Crippen LogP contribution in [0.15, 0.2) is 24.3 Å². The molecular formula is C18H27N5O. The minimum Gasteiger partial charge on any atom is -0.494 e. The van der Waals surface area contributed by atoms with E-state index in [1.807, 2.05) is 14.0 Å². The highest BCUT2D eigenvalue weighted by Crippen LogP contribution is 2.23. The molecule has 0 bridgehead atoms. The van der Waals surface area contributed by atoms with E-state index in [9.17, 15) is 0 Å². The van der Waals surface area contributed by atoms with E-state index in [0.717, 1.165) is 50.2 Å². The van der Waals surface area contributed by atoms with Crippen molar-refractivity contribution >= 4 is 0 Å². The number of aromatic nitrogens is 4. The first kappa shape index (κ1) is 16.9. The third-order valence-electron chi connectivity index (χ3n) is 4.70. The molecule has 0 radical (unpaired) electrons. The second-order valence-corrected chi connectivity index (χ2v) is 6.53. The molecule has 6 heteroatoms. The van der Waals surface area contributed by atoms with Crippen molar-refractivity contribution in [3.8, 4) is 5.75 Å². The fourth-order valence-electron chi connectivity index (χ4n) is 3.31. The smallest absolute Gasteiger partial charge is 0.188 e. The zero-order valence-electron chi connectivity index (χ0n) is 14.7. The topological polar surface area (TPSA) is 56.1 Å².